The van der Waals surface area contributed by atoms with E-state index in [-0.39, 0.29) is 5.41 Å². The first-order chi connectivity index (χ1) is 8.96. The lowest BCUT2D eigenvalue weighted by Gasteiger charge is -2.43. The summed E-state index contributed by atoms with van der Waals surface area (Å²) in [6.07, 6.45) is 3.64. The Morgan fingerprint density at radius 3 is 2.16 bits per heavy atom. The van der Waals surface area contributed by atoms with Gasteiger partial charge in [0.15, 0.2) is 0 Å². The zero-order valence-electron chi connectivity index (χ0n) is 12.8. The number of rotatable bonds is 5. The van der Waals surface area contributed by atoms with E-state index in [9.17, 15) is 5.11 Å². The maximum Gasteiger partial charge on any atom is 0.0499 e. The number of benzene rings is 1. The molecule has 0 aromatic heterocycles. The third-order valence-electron chi connectivity index (χ3n) is 4.62. The minimum absolute atomic E-state index is 0.182. The summed E-state index contributed by atoms with van der Waals surface area (Å²) in [5.74, 6) is 0. The van der Waals surface area contributed by atoms with Crippen molar-refractivity contribution in [1.82, 2.24) is 4.90 Å². The lowest BCUT2D eigenvalue weighted by molar-refractivity contribution is 0.0127. The van der Waals surface area contributed by atoms with Crippen LogP contribution in [0.1, 0.15) is 41.5 Å². The molecule has 1 fully saturated rings. The molecule has 19 heavy (non-hydrogen) atoms. The van der Waals surface area contributed by atoms with Crippen LogP contribution in [0.3, 0.4) is 0 Å². The van der Waals surface area contributed by atoms with Crippen LogP contribution in [-0.4, -0.2) is 30.2 Å². The van der Waals surface area contributed by atoms with E-state index in [1.807, 2.05) is 0 Å². The van der Waals surface area contributed by atoms with Crippen molar-refractivity contribution in [1.29, 1.82) is 0 Å². The Bertz CT molecular complexity index is 420. The van der Waals surface area contributed by atoms with Gasteiger partial charge in [-0.15, -0.1) is 0 Å². The highest BCUT2D eigenvalue weighted by Gasteiger charge is 2.37. The van der Waals surface area contributed by atoms with Gasteiger partial charge in [0, 0.05) is 25.1 Å². The Labute approximate surface area is 117 Å². The second kappa shape index (κ2) is 5.64. The van der Waals surface area contributed by atoms with Crippen molar-refractivity contribution in [3.8, 4) is 0 Å². The molecule has 1 aromatic rings. The molecular formula is C17H27NO. The summed E-state index contributed by atoms with van der Waals surface area (Å²) >= 11 is 0. The predicted octanol–water partition coefficient (Wildman–Crippen LogP) is 3.21. The molecule has 1 aromatic carbocycles. The Hall–Kier alpha value is -0.860. The zero-order valence-corrected chi connectivity index (χ0v) is 12.8. The fourth-order valence-electron chi connectivity index (χ4n) is 3.40. The lowest BCUT2D eigenvalue weighted by atomic mass is 9.69. The molecular weight excluding hydrogens is 234 g/mol. The third kappa shape index (κ3) is 3.18. The van der Waals surface area contributed by atoms with Crippen LogP contribution in [0.15, 0.2) is 12.1 Å². The summed E-state index contributed by atoms with van der Waals surface area (Å²) in [4.78, 5) is 2.38. The fraction of sp³-hybridized carbons (Fsp3) is 0.647. The number of aliphatic hydroxyl groups is 1. The van der Waals surface area contributed by atoms with Gasteiger partial charge in [-0.2, -0.15) is 0 Å². The van der Waals surface area contributed by atoms with Crippen molar-refractivity contribution in [2.45, 2.75) is 46.6 Å². The SMILES string of the molecule is Cc1cc(C)c(CN(C)CC2(CO)CCC2)c(C)c1. The summed E-state index contributed by atoms with van der Waals surface area (Å²) in [6.45, 7) is 8.89. The van der Waals surface area contributed by atoms with Gasteiger partial charge in [0.2, 0.25) is 0 Å². The summed E-state index contributed by atoms with van der Waals surface area (Å²) in [5, 5.41) is 9.57. The van der Waals surface area contributed by atoms with Crippen molar-refractivity contribution >= 4 is 0 Å². The van der Waals surface area contributed by atoms with Crippen molar-refractivity contribution in [3.63, 3.8) is 0 Å². The van der Waals surface area contributed by atoms with Gasteiger partial charge in [-0.3, -0.25) is 0 Å². The molecule has 2 nitrogen and oxygen atoms in total. The molecule has 1 N–H and O–H groups in total. The minimum atomic E-state index is 0.182. The molecule has 0 atom stereocenters. The van der Waals surface area contributed by atoms with Gasteiger partial charge in [0.05, 0.1) is 0 Å². The second-order valence-electron chi connectivity index (χ2n) is 6.56. The van der Waals surface area contributed by atoms with Crippen molar-refractivity contribution < 1.29 is 5.11 Å². The number of hydrogen-bond donors (Lipinski definition) is 1. The summed E-state index contributed by atoms with van der Waals surface area (Å²) < 4.78 is 0. The van der Waals surface area contributed by atoms with Crippen LogP contribution in [0.5, 0.6) is 0 Å². The average molecular weight is 261 g/mol. The number of nitrogens with zero attached hydrogens (tertiary/aromatic N) is 1. The zero-order chi connectivity index (χ0) is 14.0. The molecule has 1 aliphatic rings. The molecule has 0 unspecified atom stereocenters. The Kier molecular flexibility index (Phi) is 4.32. The highest BCUT2D eigenvalue weighted by Crippen LogP contribution is 2.41. The van der Waals surface area contributed by atoms with Gasteiger partial charge in [-0.1, -0.05) is 24.1 Å². The van der Waals surface area contributed by atoms with Gasteiger partial charge >= 0.3 is 0 Å². The molecule has 2 rings (SSSR count). The highest BCUT2D eigenvalue weighted by molar-refractivity contribution is 5.37. The van der Waals surface area contributed by atoms with Gasteiger partial charge in [-0.05, 0) is 57.4 Å². The van der Waals surface area contributed by atoms with E-state index >= 15 is 0 Å². The fourth-order valence-corrected chi connectivity index (χ4v) is 3.40. The molecule has 0 saturated heterocycles. The van der Waals surface area contributed by atoms with Crippen LogP contribution in [0.25, 0.3) is 0 Å². The molecule has 0 radical (unpaired) electrons. The summed E-state index contributed by atoms with van der Waals surface area (Å²) in [6, 6.07) is 4.53. The van der Waals surface area contributed by atoms with Crippen molar-refractivity contribution in [3.05, 3.63) is 34.4 Å². The molecule has 0 spiro atoms. The third-order valence-corrected chi connectivity index (χ3v) is 4.62. The molecule has 106 valence electrons. The van der Waals surface area contributed by atoms with Gasteiger partial charge < -0.3 is 10.0 Å². The number of hydrogen-bond acceptors (Lipinski definition) is 2. The van der Waals surface area contributed by atoms with Crippen molar-refractivity contribution in [2.24, 2.45) is 5.41 Å². The van der Waals surface area contributed by atoms with Crippen LogP contribution in [0.2, 0.25) is 0 Å². The molecule has 1 aliphatic carbocycles. The standard InChI is InChI=1S/C17H27NO/c1-13-8-14(2)16(15(3)9-13)10-18(4)11-17(12-19)6-5-7-17/h8-9,19H,5-7,10-12H2,1-4H3. The second-order valence-corrected chi connectivity index (χ2v) is 6.56. The number of aryl methyl sites for hydroxylation is 3. The highest BCUT2D eigenvalue weighted by atomic mass is 16.3. The van der Waals surface area contributed by atoms with E-state index in [2.05, 4.69) is 44.9 Å². The Morgan fingerprint density at radius 2 is 1.74 bits per heavy atom. The monoisotopic (exact) mass is 261 g/mol. The topological polar surface area (TPSA) is 23.5 Å². The Morgan fingerprint density at radius 1 is 1.16 bits per heavy atom. The summed E-state index contributed by atoms with van der Waals surface area (Å²) in [5.41, 5.74) is 5.74. The maximum atomic E-state index is 9.57. The van der Waals surface area contributed by atoms with E-state index in [1.165, 1.54) is 41.5 Å². The van der Waals surface area contributed by atoms with E-state index in [0.717, 1.165) is 13.1 Å². The van der Waals surface area contributed by atoms with E-state index in [1.54, 1.807) is 0 Å². The maximum absolute atomic E-state index is 9.57. The first kappa shape index (κ1) is 14.5. The van der Waals surface area contributed by atoms with E-state index in [0.29, 0.717) is 6.61 Å². The summed E-state index contributed by atoms with van der Waals surface area (Å²) in [7, 11) is 2.18. The van der Waals surface area contributed by atoms with Gasteiger partial charge in [-0.25, -0.2) is 0 Å². The molecule has 0 aliphatic heterocycles. The van der Waals surface area contributed by atoms with E-state index < -0.39 is 0 Å². The van der Waals surface area contributed by atoms with Crippen LogP contribution in [0.4, 0.5) is 0 Å². The van der Waals surface area contributed by atoms with Crippen LogP contribution in [0, 0.1) is 26.2 Å². The van der Waals surface area contributed by atoms with Gasteiger partial charge in [0.1, 0.15) is 0 Å². The van der Waals surface area contributed by atoms with Crippen molar-refractivity contribution in [2.75, 3.05) is 20.2 Å². The molecule has 1 saturated carbocycles. The first-order valence-corrected chi connectivity index (χ1v) is 7.32. The Balaban J connectivity index is 2.05. The first-order valence-electron chi connectivity index (χ1n) is 7.32. The molecule has 2 heteroatoms. The molecule has 0 amide bonds. The minimum Gasteiger partial charge on any atom is -0.396 e. The quantitative estimate of drug-likeness (QED) is 0.880. The number of aliphatic hydroxyl groups excluding tert-OH is 1. The largest absolute Gasteiger partial charge is 0.396 e. The predicted molar refractivity (Wildman–Crippen MR) is 80.4 cm³/mol. The van der Waals surface area contributed by atoms with Gasteiger partial charge in [0.25, 0.3) is 0 Å². The lowest BCUT2D eigenvalue weighted by Crippen LogP contribution is -2.43. The van der Waals surface area contributed by atoms with Crippen LogP contribution in [-0.2, 0) is 6.54 Å². The van der Waals surface area contributed by atoms with Crippen LogP contribution < -0.4 is 0 Å². The normalized spacial score (nSPS) is 17.6. The van der Waals surface area contributed by atoms with Crippen LogP contribution >= 0.6 is 0 Å². The van der Waals surface area contributed by atoms with E-state index in [4.69, 9.17) is 0 Å². The average Bonchev–Trinajstić information content (AvgIpc) is 2.28. The smallest absolute Gasteiger partial charge is 0.0499 e. The molecule has 0 bridgehead atoms. The molecule has 0 heterocycles.